The number of nitrogens with zero attached hydrogens (tertiary/aromatic N) is 1. The average Bonchev–Trinajstić information content (AvgIpc) is 2.59. The molecule has 1 aliphatic heterocycles. The van der Waals surface area contributed by atoms with Crippen molar-refractivity contribution in [3.05, 3.63) is 24.3 Å². The minimum absolute atomic E-state index is 0.0155. The number of morpholine rings is 1. The van der Waals surface area contributed by atoms with Crippen molar-refractivity contribution in [1.82, 2.24) is 10.2 Å². The smallest absolute Gasteiger partial charge is 0.220 e. The summed E-state index contributed by atoms with van der Waals surface area (Å²) in [5.74, 6) is 0.611. The number of amides is 1. The molecule has 1 fully saturated rings. The molecule has 0 aliphatic carbocycles. The number of carbonyl (C=O) groups excluding carboxylic acids is 1. The Labute approximate surface area is 155 Å². The molecule has 7 nitrogen and oxygen atoms in total. The molecule has 1 N–H and O–H groups in total. The van der Waals surface area contributed by atoms with Crippen LogP contribution < -0.4 is 10.1 Å². The number of nitrogens with one attached hydrogen (secondary N) is 1. The normalized spacial score (nSPS) is 16.8. The van der Waals surface area contributed by atoms with E-state index in [1.807, 2.05) is 6.92 Å². The lowest BCUT2D eigenvalue weighted by Crippen LogP contribution is -2.46. The van der Waals surface area contributed by atoms with Crippen LogP contribution in [0.4, 0.5) is 0 Å². The Kier molecular flexibility index (Phi) is 7.86. The van der Waals surface area contributed by atoms with Crippen LogP contribution in [0, 0.1) is 0 Å². The van der Waals surface area contributed by atoms with Gasteiger partial charge in [0.15, 0.2) is 9.84 Å². The van der Waals surface area contributed by atoms with E-state index in [0.29, 0.717) is 25.2 Å². The fourth-order valence-electron chi connectivity index (χ4n) is 2.77. The van der Waals surface area contributed by atoms with Crippen LogP contribution >= 0.6 is 0 Å². The fraction of sp³-hybridized carbons (Fsp3) is 0.611. The van der Waals surface area contributed by atoms with Gasteiger partial charge in [-0.05, 0) is 37.6 Å². The van der Waals surface area contributed by atoms with Crippen LogP contribution in [0.3, 0.4) is 0 Å². The molecule has 146 valence electrons. The zero-order valence-corrected chi connectivity index (χ0v) is 16.3. The Hall–Kier alpha value is -1.64. The van der Waals surface area contributed by atoms with Gasteiger partial charge in [0.05, 0.1) is 24.7 Å². The van der Waals surface area contributed by atoms with Gasteiger partial charge >= 0.3 is 0 Å². The van der Waals surface area contributed by atoms with Gasteiger partial charge in [0.25, 0.3) is 0 Å². The highest BCUT2D eigenvalue weighted by molar-refractivity contribution is 7.90. The summed E-state index contributed by atoms with van der Waals surface area (Å²) < 4.78 is 33.7. The molecule has 26 heavy (non-hydrogen) atoms. The monoisotopic (exact) mass is 384 g/mol. The molecular weight excluding hydrogens is 356 g/mol. The number of benzene rings is 1. The molecule has 8 heteroatoms. The first-order valence-electron chi connectivity index (χ1n) is 8.87. The first kappa shape index (κ1) is 20.7. The van der Waals surface area contributed by atoms with Gasteiger partial charge in [0.1, 0.15) is 5.75 Å². The Morgan fingerprint density at radius 2 is 1.92 bits per heavy atom. The van der Waals surface area contributed by atoms with Gasteiger partial charge < -0.3 is 14.8 Å². The van der Waals surface area contributed by atoms with E-state index < -0.39 is 9.84 Å². The van der Waals surface area contributed by atoms with Crippen molar-refractivity contribution in [3.8, 4) is 5.75 Å². The van der Waals surface area contributed by atoms with Crippen molar-refractivity contribution in [2.24, 2.45) is 0 Å². The summed E-state index contributed by atoms with van der Waals surface area (Å²) in [6.45, 7) is 6.57. The van der Waals surface area contributed by atoms with E-state index in [1.54, 1.807) is 12.1 Å². The largest absolute Gasteiger partial charge is 0.494 e. The van der Waals surface area contributed by atoms with Crippen molar-refractivity contribution in [3.63, 3.8) is 0 Å². The van der Waals surface area contributed by atoms with Crippen LogP contribution in [0.1, 0.15) is 19.8 Å². The van der Waals surface area contributed by atoms with Crippen molar-refractivity contribution >= 4 is 15.7 Å². The summed E-state index contributed by atoms with van der Waals surface area (Å²) in [4.78, 5) is 14.5. The average molecular weight is 384 g/mol. The van der Waals surface area contributed by atoms with E-state index in [9.17, 15) is 13.2 Å². The lowest BCUT2D eigenvalue weighted by Gasteiger charge is -2.29. The van der Waals surface area contributed by atoms with E-state index in [-0.39, 0.29) is 16.8 Å². The third kappa shape index (κ3) is 7.31. The highest BCUT2D eigenvalue weighted by Gasteiger charge is 2.15. The molecule has 1 atom stereocenters. The van der Waals surface area contributed by atoms with E-state index in [4.69, 9.17) is 9.47 Å². The Balaban J connectivity index is 1.62. The Morgan fingerprint density at radius 1 is 1.27 bits per heavy atom. The first-order chi connectivity index (χ1) is 12.3. The fourth-order valence-corrected chi connectivity index (χ4v) is 3.40. The third-order valence-corrected chi connectivity index (χ3v) is 5.24. The number of sulfone groups is 1. The second-order valence-corrected chi connectivity index (χ2v) is 8.59. The number of hydrogen-bond acceptors (Lipinski definition) is 6. The number of ether oxygens (including phenoxy) is 2. The van der Waals surface area contributed by atoms with E-state index in [0.717, 1.165) is 32.8 Å². The molecule has 1 aromatic carbocycles. The molecule has 1 saturated heterocycles. The molecule has 1 amide bonds. The van der Waals surface area contributed by atoms with Crippen molar-refractivity contribution in [2.75, 3.05) is 45.7 Å². The molecule has 1 aliphatic rings. The summed E-state index contributed by atoms with van der Waals surface area (Å²) in [5, 5.41) is 3.01. The zero-order chi connectivity index (χ0) is 19.0. The third-order valence-electron chi connectivity index (χ3n) is 4.11. The van der Waals surface area contributed by atoms with Gasteiger partial charge in [0, 0.05) is 38.4 Å². The minimum Gasteiger partial charge on any atom is -0.494 e. The molecule has 1 unspecified atom stereocenters. The second kappa shape index (κ2) is 9.89. The number of carbonyl (C=O) groups is 1. The topological polar surface area (TPSA) is 84.9 Å². The Bertz CT molecular complexity index is 669. The predicted octanol–water partition coefficient (Wildman–Crippen LogP) is 1.09. The second-order valence-electron chi connectivity index (χ2n) is 6.58. The van der Waals surface area contributed by atoms with Gasteiger partial charge in [-0.1, -0.05) is 0 Å². The molecule has 0 spiro atoms. The summed E-state index contributed by atoms with van der Waals surface area (Å²) in [6, 6.07) is 6.39. The molecular formula is C18H28N2O5S. The van der Waals surface area contributed by atoms with Gasteiger partial charge in [-0.15, -0.1) is 0 Å². The van der Waals surface area contributed by atoms with Crippen LogP contribution in [0.25, 0.3) is 0 Å². The Morgan fingerprint density at radius 3 is 2.54 bits per heavy atom. The summed E-state index contributed by atoms with van der Waals surface area (Å²) in [5.41, 5.74) is 0. The van der Waals surface area contributed by atoms with Gasteiger partial charge in [-0.25, -0.2) is 8.42 Å². The minimum atomic E-state index is -3.20. The molecule has 2 rings (SSSR count). The van der Waals surface area contributed by atoms with Crippen molar-refractivity contribution in [1.29, 1.82) is 0 Å². The number of hydrogen-bond donors (Lipinski definition) is 1. The molecule has 1 aromatic rings. The van der Waals surface area contributed by atoms with Crippen molar-refractivity contribution in [2.45, 2.75) is 30.7 Å². The van der Waals surface area contributed by atoms with Crippen LogP contribution in [0.5, 0.6) is 5.75 Å². The zero-order valence-electron chi connectivity index (χ0n) is 15.4. The van der Waals surface area contributed by atoms with Crippen LogP contribution in [-0.2, 0) is 19.4 Å². The van der Waals surface area contributed by atoms with E-state index in [1.165, 1.54) is 18.4 Å². The van der Waals surface area contributed by atoms with Crippen molar-refractivity contribution < 1.29 is 22.7 Å². The molecule has 0 radical (unpaired) electrons. The molecule has 0 bridgehead atoms. The summed E-state index contributed by atoms with van der Waals surface area (Å²) in [6.07, 6.45) is 2.17. The quantitative estimate of drug-likeness (QED) is 0.642. The standard InChI is InChI=1S/C18H28N2O5S/c1-15(14-20-9-12-24-13-10-20)19-18(21)4-3-11-25-16-5-7-17(8-6-16)26(2,22)23/h5-8,15H,3-4,9-14H2,1-2H3,(H,19,21). The highest BCUT2D eigenvalue weighted by Crippen LogP contribution is 2.16. The number of rotatable bonds is 9. The molecule has 0 saturated carbocycles. The maximum atomic E-state index is 12.0. The maximum Gasteiger partial charge on any atom is 0.220 e. The summed E-state index contributed by atoms with van der Waals surface area (Å²) in [7, 11) is -3.20. The molecule has 1 heterocycles. The van der Waals surface area contributed by atoms with Gasteiger partial charge in [0.2, 0.25) is 5.91 Å². The maximum absolute atomic E-state index is 12.0. The molecule has 0 aromatic heterocycles. The lowest BCUT2D eigenvalue weighted by molar-refractivity contribution is -0.122. The van der Waals surface area contributed by atoms with Gasteiger partial charge in [-0.2, -0.15) is 0 Å². The lowest BCUT2D eigenvalue weighted by atomic mass is 10.2. The van der Waals surface area contributed by atoms with Crippen LogP contribution in [-0.4, -0.2) is 71.0 Å². The highest BCUT2D eigenvalue weighted by atomic mass is 32.2. The summed E-state index contributed by atoms with van der Waals surface area (Å²) >= 11 is 0. The van der Waals surface area contributed by atoms with Crippen LogP contribution in [0.15, 0.2) is 29.2 Å². The first-order valence-corrected chi connectivity index (χ1v) is 10.8. The van der Waals surface area contributed by atoms with Gasteiger partial charge in [-0.3, -0.25) is 9.69 Å². The SMILES string of the molecule is CC(CN1CCOCC1)NC(=O)CCCOc1ccc(S(C)(=O)=O)cc1. The van der Waals surface area contributed by atoms with Crippen LogP contribution in [0.2, 0.25) is 0 Å². The van der Waals surface area contributed by atoms with E-state index >= 15 is 0 Å². The van der Waals surface area contributed by atoms with E-state index in [2.05, 4.69) is 10.2 Å². The predicted molar refractivity (Wildman–Crippen MR) is 99.1 cm³/mol.